The first-order valence-electron chi connectivity index (χ1n) is 15.0. The molecule has 1 fully saturated rings. The molecule has 1 aliphatic rings. The molecule has 4 aromatic heterocycles. The highest BCUT2D eigenvalue weighted by Crippen LogP contribution is 2.34. The minimum Gasteiger partial charge on any atom is -0.478 e. The number of amides is 1. The third-order valence-electron chi connectivity index (χ3n) is 8.52. The Hall–Kier alpha value is -4.83. The van der Waals surface area contributed by atoms with E-state index in [1.807, 2.05) is 60.7 Å². The van der Waals surface area contributed by atoms with Crippen molar-refractivity contribution >= 4 is 40.3 Å². The second kappa shape index (κ2) is 11.8. The van der Waals surface area contributed by atoms with Gasteiger partial charge in [-0.3, -0.25) is 9.78 Å². The fourth-order valence-corrected chi connectivity index (χ4v) is 6.44. The van der Waals surface area contributed by atoms with E-state index in [1.165, 1.54) is 12.1 Å². The van der Waals surface area contributed by atoms with E-state index >= 15 is 0 Å². The Morgan fingerprint density at radius 3 is 2.46 bits per heavy atom. The largest absolute Gasteiger partial charge is 0.478 e. The number of aryl methyl sites for hydroxylation is 3. The van der Waals surface area contributed by atoms with Crippen molar-refractivity contribution in [2.24, 2.45) is 0 Å². The van der Waals surface area contributed by atoms with E-state index in [2.05, 4.69) is 14.9 Å². The molecule has 0 saturated carbocycles. The van der Waals surface area contributed by atoms with Crippen LogP contribution in [0.3, 0.4) is 0 Å². The lowest BCUT2D eigenvalue weighted by Crippen LogP contribution is -2.61. The van der Waals surface area contributed by atoms with Crippen LogP contribution in [-0.2, 0) is 6.54 Å². The highest BCUT2D eigenvalue weighted by molar-refractivity contribution is 6.30. The van der Waals surface area contributed by atoms with Crippen LogP contribution in [0.2, 0.25) is 5.02 Å². The molecule has 1 amide bonds. The smallest absolute Gasteiger partial charge is 0.337 e. The van der Waals surface area contributed by atoms with Gasteiger partial charge in [0.25, 0.3) is 5.91 Å². The van der Waals surface area contributed by atoms with Crippen molar-refractivity contribution in [3.8, 4) is 11.1 Å². The lowest BCUT2D eigenvalue weighted by atomic mass is 9.97. The molecule has 0 radical (unpaired) electrons. The number of fused-ring (bicyclic) bond motifs is 1. The fourth-order valence-electron chi connectivity index (χ4n) is 6.32. The first-order valence-corrected chi connectivity index (χ1v) is 15.4. The van der Waals surface area contributed by atoms with Crippen molar-refractivity contribution in [2.75, 3.05) is 24.5 Å². The zero-order valence-corrected chi connectivity index (χ0v) is 27.1. The number of aromatic carboxylic acids is 1. The maximum absolute atomic E-state index is 14.5. The Bertz CT molecular complexity index is 2000. The molecule has 5 heterocycles. The normalized spacial score (nSPS) is 14.6. The molecule has 1 N–H and O–H groups in total. The molecule has 1 saturated heterocycles. The van der Waals surface area contributed by atoms with Crippen LogP contribution < -0.4 is 4.90 Å². The van der Waals surface area contributed by atoms with Crippen LogP contribution in [0, 0.1) is 26.6 Å². The van der Waals surface area contributed by atoms with Gasteiger partial charge in [-0.25, -0.2) is 19.2 Å². The molecule has 46 heavy (non-hydrogen) atoms. The summed E-state index contributed by atoms with van der Waals surface area (Å²) in [5.41, 5.74) is 4.76. The quantitative estimate of drug-likeness (QED) is 0.220. The first kappa shape index (κ1) is 31.2. The molecule has 5 aromatic rings. The number of piperazine rings is 1. The number of carbonyl (C=O) groups is 2. The third kappa shape index (κ3) is 5.80. The van der Waals surface area contributed by atoms with Crippen molar-refractivity contribution in [3.63, 3.8) is 0 Å². The van der Waals surface area contributed by atoms with Gasteiger partial charge in [-0.1, -0.05) is 23.7 Å². The summed E-state index contributed by atoms with van der Waals surface area (Å²) < 4.78 is 16.4. The second-order valence-corrected chi connectivity index (χ2v) is 12.8. The van der Waals surface area contributed by atoms with Gasteiger partial charge in [-0.2, -0.15) is 0 Å². The summed E-state index contributed by atoms with van der Waals surface area (Å²) in [7, 11) is 0. The topological polar surface area (TPSA) is 104 Å². The number of benzene rings is 1. The van der Waals surface area contributed by atoms with Gasteiger partial charge in [-0.15, -0.1) is 0 Å². The fraction of sp³-hybridized carbons (Fsp3) is 0.286. The van der Waals surface area contributed by atoms with Crippen LogP contribution >= 0.6 is 11.6 Å². The highest BCUT2D eigenvalue weighted by atomic mass is 35.5. The standard InChI is InChI=1S/C35H34ClFN6O3/c1-20-15-30(39-22(3)31(20)34(45)46)41-13-14-43(35(4,5)19-41)33(44)29-12-10-25-26(23-9-11-27(36)28(37)16-23)18-42(32(25)40-29)17-24-8-6-7-21(2)38-24/h6-12,15-16,18H,13-14,17,19H2,1-5H3,(H,45,46). The van der Waals surface area contributed by atoms with E-state index in [-0.39, 0.29) is 16.5 Å². The highest BCUT2D eigenvalue weighted by Gasteiger charge is 2.38. The Morgan fingerprint density at radius 1 is 1.00 bits per heavy atom. The van der Waals surface area contributed by atoms with Gasteiger partial charge in [0.15, 0.2) is 0 Å². The summed E-state index contributed by atoms with van der Waals surface area (Å²) in [6.07, 6.45) is 1.91. The third-order valence-corrected chi connectivity index (χ3v) is 8.83. The average Bonchev–Trinajstić information content (AvgIpc) is 3.34. The summed E-state index contributed by atoms with van der Waals surface area (Å²) in [6, 6.07) is 15.9. The molecular formula is C35H34ClFN6O3. The molecule has 0 unspecified atom stereocenters. The number of hydrogen-bond donors (Lipinski definition) is 1. The molecule has 0 bridgehead atoms. The van der Waals surface area contributed by atoms with Crippen molar-refractivity contribution < 1.29 is 19.1 Å². The van der Waals surface area contributed by atoms with E-state index in [9.17, 15) is 19.1 Å². The number of carbonyl (C=O) groups excluding carboxylic acids is 1. The van der Waals surface area contributed by atoms with Gasteiger partial charge in [0.05, 0.1) is 34.1 Å². The minimum absolute atomic E-state index is 0.0449. The summed E-state index contributed by atoms with van der Waals surface area (Å²) in [5.74, 6) is -1.02. The Labute approximate surface area is 271 Å². The van der Waals surface area contributed by atoms with E-state index in [0.717, 1.165) is 22.3 Å². The van der Waals surface area contributed by atoms with Crippen molar-refractivity contribution in [2.45, 2.75) is 46.7 Å². The van der Waals surface area contributed by atoms with Gasteiger partial charge >= 0.3 is 5.97 Å². The van der Waals surface area contributed by atoms with E-state index < -0.39 is 17.3 Å². The zero-order valence-electron chi connectivity index (χ0n) is 26.3. The van der Waals surface area contributed by atoms with Crippen molar-refractivity contribution in [1.82, 2.24) is 24.4 Å². The second-order valence-electron chi connectivity index (χ2n) is 12.4. The summed E-state index contributed by atoms with van der Waals surface area (Å²) >= 11 is 5.97. The van der Waals surface area contributed by atoms with E-state index in [1.54, 1.807) is 32.0 Å². The van der Waals surface area contributed by atoms with Gasteiger partial charge in [-0.05, 0) is 88.2 Å². The molecule has 0 atom stereocenters. The number of hydrogen-bond acceptors (Lipinski definition) is 6. The van der Waals surface area contributed by atoms with Crippen molar-refractivity contribution in [3.05, 3.63) is 106 Å². The number of nitrogens with zero attached hydrogens (tertiary/aromatic N) is 6. The van der Waals surface area contributed by atoms with Gasteiger partial charge in [0, 0.05) is 42.5 Å². The monoisotopic (exact) mass is 640 g/mol. The van der Waals surface area contributed by atoms with E-state index in [0.29, 0.717) is 60.2 Å². The van der Waals surface area contributed by atoms with Crippen LogP contribution in [0.25, 0.3) is 22.2 Å². The number of aromatic nitrogens is 4. The maximum Gasteiger partial charge on any atom is 0.337 e. The lowest BCUT2D eigenvalue weighted by Gasteiger charge is -2.47. The summed E-state index contributed by atoms with van der Waals surface area (Å²) in [4.78, 5) is 43.8. The van der Waals surface area contributed by atoms with Crippen LogP contribution in [0.4, 0.5) is 10.2 Å². The number of halogens is 2. The predicted molar refractivity (Wildman–Crippen MR) is 176 cm³/mol. The van der Waals surface area contributed by atoms with Gasteiger partial charge < -0.3 is 19.5 Å². The predicted octanol–water partition coefficient (Wildman–Crippen LogP) is 6.70. The number of carboxylic acids is 1. The zero-order chi connectivity index (χ0) is 32.9. The Morgan fingerprint density at radius 2 is 1.78 bits per heavy atom. The molecule has 9 nitrogen and oxygen atoms in total. The lowest BCUT2D eigenvalue weighted by molar-refractivity contribution is 0.0507. The summed E-state index contributed by atoms with van der Waals surface area (Å²) in [6.45, 7) is 11.3. The molecular weight excluding hydrogens is 607 g/mol. The minimum atomic E-state index is -0.997. The molecule has 0 aliphatic carbocycles. The Kier molecular flexibility index (Phi) is 8.02. The SMILES string of the molecule is Cc1cccc(Cn2cc(-c3ccc(Cl)c(F)c3)c3ccc(C(=O)N4CCN(c5cc(C)c(C(=O)O)c(C)n5)CC4(C)C)nc32)n1. The first-order chi connectivity index (χ1) is 21.8. The average molecular weight is 641 g/mol. The number of carboxylic acid groups (broad SMARTS) is 1. The maximum atomic E-state index is 14.5. The van der Waals surface area contributed by atoms with Crippen molar-refractivity contribution in [1.29, 1.82) is 0 Å². The molecule has 236 valence electrons. The van der Waals surface area contributed by atoms with Crippen LogP contribution in [0.15, 0.2) is 60.8 Å². The number of rotatable bonds is 6. The number of pyridine rings is 3. The summed E-state index contributed by atoms with van der Waals surface area (Å²) in [5, 5.41) is 10.4. The number of anilines is 1. The molecule has 1 aromatic carbocycles. The molecule has 11 heteroatoms. The van der Waals surface area contributed by atoms with Gasteiger partial charge in [0.2, 0.25) is 0 Å². The Balaban J connectivity index is 1.33. The van der Waals surface area contributed by atoms with Crippen LogP contribution in [0.1, 0.15) is 57.3 Å². The molecule has 6 rings (SSSR count). The molecule has 0 spiro atoms. The van der Waals surface area contributed by atoms with Gasteiger partial charge in [0.1, 0.15) is 23.0 Å². The van der Waals surface area contributed by atoms with E-state index in [4.69, 9.17) is 16.6 Å². The molecule has 1 aliphatic heterocycles. The van der Waals surface area contributed by atoms with Crippen LogP contribution in [0.5, 0.6) is 0 Å². The van der Waals surface area contributed by atoms with Crippen LogP contribution in [-0.4, -0.2) is 66.6 Å².